The molecule has 0 spiro atoms. The summed E-state index contributed by atoms with van der Waals surface area (Å²) in [5.41, 5.74) is 0. The molecule has 5 heteroatoms. The molecule has 2 aromatic heterocycles. The van der Waals surface area contributed by atoms with Crippen molar-refractivity contribution in [2.24, 2.45) is 11.8 Å². The minimum atomic E-state index is 0.0694. The summed E-state index contributed by atoms with van der Waals surface area (Å²) < 4.78 is 5.42. The highest BCUT2D eigenvalue weighted by Crippen LogP contribution is 2.22. The topological polar surface area (TPSA) is 45.5 Å². The molecular formula is C16H20N2O2S. The Hall–Kier alpha value is -1.59. The quantitative estimate of drug-likeness (QED) is 0.924. The van der Waals surface area contributed by atoms with Crippen molar-refractivity contribution in [1.82, 2.24) is 10.2 Å². The fourth-order valence-electron chi connectivity index (χ4n) is 2.77. The van der Waals surface area contributed by atoms with Gasteiger partial charge < -0.3 is 14.6 Å². The summed E-state index contributed by atoms with van der Waals surface area (Å²) in [7, 11) is 0. The van der Waals surface area contributed by atoms with E-state index >= 15 is 0 Å². The van der Waals surface area contributed by atoms with Gasteiger partial charge in [0, 0.05) is 11.4 Å². The summed E-state index contributed by atoms with van der Waals surface area (Å²) in [6.07, 6.45) is 1.66. The van der Waals surface area contributed by atoms with E-state index in [1.807, 2.05) is 28.5 Å². The smallest absolute Gasteiger partial charge is 0.228 e. The molecule has 1 aliphatic heterocycles. The molecule has 2 aromatic rings. The summed E-state index contributed by atoms with van der Waals surface area (Å²) in [5, 5.41) is 5.35. The molecule has 0 bridgehead atoms. The van der Waals surface area contributed by atoms with Crippen molar-refractivity contribution in [3.05, 3.63) is 46.5 Å². The van der Waals surface area contributed by atoms with Crippen molar-refractivity contribution in [2.75, 3.05) is 13.1 Å². The van der Waals surface area contributed by atoms with Gasteiger partial charge >= 0.3 is 0 Å². The number of nitrogens with zero attached hydrogens (tertiary/aromatic N) is 1. The fourth-order valence-corrected chi connectivity index (χ4v) is 3.49. The van der Waals surface area contributed by atoms with E-state index in [0.29, 0.717) is 19.0 Å². The Bertz CT molecular complexity index is 529. The van der Waals surface area contributed by atoms with Gasteiger partial charge in [-0.2, -0.15) is 0 Å². The van der Waals surface area contributed by atoms with E-state index in [2.05, 4.69) is 18.3 Å². The molecule has 2 atom stereocenters. The molecule has 3 heterocycles. The number of hydrogen-bond donors (Lipinski definition) is 1. The molecule has 3 rings (SSSR count). The minimum Gasteiger partial charge on any atom is -0.467 e. The van der Waals surface area contributed by atoms with Crippen LogP contribution in [0.5, 0.6) is 0 Å². The zero-order valence-corrected chi connectivity index (χ0v) is 12.9. The van der Waals surface area contributed by atoms with Gasteiger partial charge in [-0.05, 0) is 36.0 Å². The van der Waals surface area contributed by atoms with E-state index in [-0.39, 0.29) is 11.8 Å². The molecule has 2 unspecified atom stereocenters. The third kappa shape index (κ3) is 3.36. The monoisotopic (exact) mass is 304 g/mol. The lowest BCUT2D eigenvalue weighted by molar-refractivity contribution is -0.137. The molecule has 0 radical (unpaired) electrons. The van der Waals surface area contributed by atoms with Gasteiger partial charge in [0.05, 0.1) is 25.3 Å². The molecule has 4 nitrogen and oxygen atoms in total. The average molecular weight is 304 g/mol. The van der Waals surface area contributed by atoms with Gasteiger partial charge in [0.1, 0.15) is 5.76 Å². The molecule has 0 aliphatic carbocycles. The van der Waals surface area contributed by atoms with Gasteiger partial charge in [-0.3, -0.25) is 4.79 Å². The molecule has 0 aromatic carbocycles. The van der Waals surface area contributed by atoms with Gasteiger partial charge in [0.25, 0.3) is 0 Å². The van der Waals surface area contributed by atoms with Crippen molar-refractivity contribution in [3.63, 3.8) is 0 Å². The van der Waals surface area contributed by atoms with Crippen molar-refractivity contribution in [3.8, 4) is 0 Å². The third-order valence-corrected chi connectivity index (χ3v) is 4.86. The first kappa shape index (κ1) is 14.4. The van der Waals surface area contributed by atoms with E-state index in [9.17, 15) is 4.79 Å². The van der Waals surface area contributed by atoms with Crippen LogP contribution in [-0.2, 0) is 17.9 Å². The lowest BCUT2D eigenvalue weighted by atomic mass is 9.96. The van der Waals surface area contributed by atoms with Crippen molar-refractivity contribution >= 4 is 17.2 Å². The maximum absolute atomic E-state index is 12.9. The number of nitrogens with one attached hydrogen (secondary N) is 1. The Morgan fingerprint density at radius 2 is 2.29 bits per heavy atom. The highest BCUT2D eigenvalue weighted by atomic mass is 32.1. The standard InChI is InChI=1S/C16H20N2O2S/c1-12-8-17-9-15(12)16(19)18(10-13-4-2-6-20-13)11-14-5-3-7-21-14/h2-7,12,15,17H,8-11H2,1H3. The Balaban J connectivity index is 1.75. The number of rotatable bonds is 5. The van der Waals surface area contributed by atoms with Crippen molar-refractivity contribution in [1.29, 1.82) is 0 Å². The van der Waals surface area contributed by atoms with E-state index < -0.39 is 0 Å². The van der Waals surface area contributed by atoms with Crippen LogP contribution >= 0.6 is 11.3 Å². The highest BCUT2D eigenvalue weighted by Gasteiger charge is 2.33. The second-order valence-corrected chi connectivity index (χ2v) is 6.63. The van der Waals surface area contributed by atoms with Crippen LogP contribution in [0.1, 0.15) is 17.6 Å². The Kier molecular flexibility index (Phi) is 4.41. The molecule has 21 heavy (non-hydrogen) atoms. The fraction of sp³-hybridized carbons (Fsp3) is 0.438. The van der Waals surface area contributed by atoms with Crippen LogP contribution in [0.15, 0.2) is 40.3 Å². The van der Waals surface area contributed by atoms with E-state index in [0.717, 1.165) is 18.8 Å². The first-order chi connectivity index (χ1) is 10.2. The van der Waals surface area contributed by atoms with Crippen molar-refractivity contribution in [2.45, 2.75) is 20.0 Å². The number of carbonyl (C=O) groups is 1. The number of carbonyl (C=O) groups excluding carboxylic acids is 1. The number of hydrogen-bond acceptors (Lipinski definition) is 4. The third-order valence-electron chi connectivity index (χ3n) is 4.00. The van der Waals surface area contributed by atoms with Gasteiger partial charge in [-0.15, -0.1) is 11.3 Å². The predicted molar refractivity (Wildman–Crippen MR) is 82.8 cm³/mol. The normalized spacial score (nSPS) is 21.6. The van der Waals surface area contributed by atoms with Crippen molar-refractivity contribution < 1.29 is 9.21 Å². The maximum Gasteiger partial charge on any atom is 0.228 e. The molecule has 1 aliphatic rings. The van der Waals surface area contributed by atoms with Gasteiger partial charge in [0.2, 0.25) is 5.91 Å². The van der Waals surface area contributed by atoms with E-state index in [4.69, 9.17) is 4.42 Å². The van der Waals surface area contributed by atoms with Gasteiger partial charge in [-0.1, -0.05) is 13.0 Å². The zero-order chi connectivity index (χ0) is 14.7. The summed E-state index contributed by atoms with van der Waals surface area (Å²) in [6.45, 7) is 5.02. The van der Waals surface area contributed by atoms with Crippen LogP contribution in [0.2, 0.25) is 0 Å². The minimum absolute atomic E-state index is 0.0694. The van der Waals surface area contributed by atoms with Crippen LogP contribution in [0.3, 0.4) is 0 Å². The molecule has 1 amide bonds. The van der Waals surface area contributed by atoms with Gasteiger partial charge in [-0.25, -0.2) is 0 Å². The summed E-state index contributed by atoms with van der Waals surface area (Å²) in [4.78, 5) is 16.0. The Morgan fingerprint density at radius 3 is 2.90 bits per heavy atom. The molecule has 0 saturated carbocycles. The molecule has 1 saturated heterocycles. The summed E-state index contributed by atoms with van der Waals surface area (Å²) >= 11 is 1.68. The maximum atomic E-state index is 12.9. The molecule has 1 fully saturated rings. The predicted octanol–water partition coefficient (Wildman–Crippen LogP) is 2.73. The van der Waals surface area contributed by atoms with Crippen LogP contribution in [0.25, 0.3) is 0 Å². The SMILES string of the molecule is CC1CNCC1C(=O)N(Cc1ccco1)Cc1cccs1. The molecule has 112 valence electrons. The summed E-state index contributed by atoms with van der Waals surface area (Å²) in [5.74, 6) is 1.51. The summed E-state index contributed by atoms with van der Waals surface area (Å²) in [6, 6.07) is 7.88. The number of thiophene rings is 1. The molecule has 1 N–H and O–H groups in total. The number of amides is 1. The Labute approximate surface area is 128 Å². The largest absolute Gasteiger partial charge is 0.467 e. The Morgan fingerprint density at radius 1 is 1.38 bits per heavy atom. The second kappa shape index (κ2) is 6.45. The lowest BCUT2D eigenvalue weighted by Crippen LogP contribution is -2.37. The van der Waals surface area contributed by atoms with Crippen LogP contribution < -0.4 is 5.32 Å². The van der Waals surface area contributed by atoms with Gasteiger partial charge in [0.15, 0.2) is 0 Å². The van der Waals surface area contributed by atoms with Crippen LogP contribution in [0, 0.1) is 11.8 Å². The van der Waals surface area contributed by atoms with E-state index in [1.165, 1.54) is 4.88 Å². The van der Waals surface area contributed by atoms with Crippen LogP contribution in [-0.4, -0.2) is 23.9 Å². The van der Waals surface area contributed by atoms with Crippen LogP contribution in [0.4, 0.5) is 0 Å². The first-order valence-corrected chi connectivity index (χ1v) is 8.16. The highest BCUT2D eigenvalue weighted by molar-refractivity contribution is 7.09. The lowest BCUT2D eigenvalue weighted by Gasteiger charge is -2.26. The first-order valence-electron chi connectivity index (χ1n) is 7.28. The average Bonchev–Trinajstić information content (AvgIpc) is 3.19. The van der Waals surface area contributed by atoms with E-state index in [1.54, 1.807) is 17.6 Å². The zero-order valence-electron chi connectivity index (χ0n) is 12.1. The molecular weight excluding hydrogens is 284 g/mol. The number of furan rings is 1. The second-order valence-electron chi connectivity index (χ2n) is 5.60.